The Labute approximate surface area is 213 Å². The first-order chi connectivity index (χ1) is 15.6. The third-order valence-electron chi connectivity index (χ3n) is 5.66. The van der Waals surface area contributed by atoms with E-state index in [1.807, 2.05) is 23.9 Å². The Morgan fingerprint density at radius 3 is 2.69 bits per heavy atom. The summed E-state index contributed by atoms with van der Waals surface area (Å²) in [7, 11) is 0. The summed E-state index contributed by atoms with van der Waals surface area (Å²) in [5.74, 6) is 3.30. The van der Waals surface area contributed by atoms with Gasteiger partial charge in [0.15, 0.2) is 5.11 Å². The van der Waals surface area contributed by atoms with Crippen LogP contribution in [0.15, 0.2) is 56.7 Å². The lowest BCUT2D eigenvalue weighted by atomic mass is 10.0. The molecule has 0 radical (unpaired) electrons. The highest BCUT2D eigenvalue weighted by atomic mass is 79.9. The van der Waals surface area contributed by atoms with Gasteiger partial charge in [0.2, 0.25) is 0 Å². The average Bonchev–Trinajstić information content (AvgIpc) is 3.37. The van der Waals surface area contributed by atoms with E-state index in [9.17, 15) is 0 Å². The molecule has 0 amide bonds. The van der Waals surface area contributed by atoms with Crippen LogP contribution in [0.2, 0.25) is 0 Å². The Kier molecular flexibility index (Phi) is 6.84. The second-order valence-electron chi connectivity index (χ2n) is 7.73. The Morgan fingerprint density at radius 1 is 1.12 bits per heavy atom. The zero-order valence-electron chi connectivity index (χ0n) is 17.2. The summed E-state index contributed by atoms with van der Waals surface area (Å²) in [6.45, 7) is 3.99. The van der Waals surface area contributed by atoms with E-state index in [1.165, 1.54) is 11.5 Å². The number of thiocarbonyl (C=S) groups is 1. The summed E-state index contributed by atoms with van der Waals surface area (Å²) < 4.78 is 2.02. The predicted octanol–water partition coefficient (Wildman–Crippen LogP) is 4.97. The zero-order valence-corrected chi connectivity index (χ0v) is 22.0. The van der Waals surface area contributed by atoms with Gasteiger partial charge in [0.25, 0.3) is 0 Å². The average molecular weight is 594 g/mol. The highest BCUT2D eigenvalue weighted by Crippen LogP contribution is 2.35. The van der Waals surface area contributed by atoms with E-state index in [1.54, 1.807) is 6.33 Å². The van der Waals surface area contributed by atoms with Gasteiger partial charge in [-0.3, -0.25) is 9.89 Å². The van der Waals surface area contributed by atoms with Crippen molar-refractivity contribution < 1.29 is 0 Å². The minimum Gasteiger partial charge on any atom is -0.345 e. The van der Waals surface area contributed by atoms with E-state index in [2.05, 4.69) is 81.2 Å². The maximum absolute atomic E-state index is 5.79. The summed E-state index contributed by atoms with van der Waals surface area (Å²) >= 11 is 15.1. The molecule has 1 aromatic heterocycles. The largest absolute Gasteiger partial charge is 0.345 e. The number of benzene rings is 2. The van der Waals surface area contributed by atoms with Crippen LogP contribution < -0.4 is 10.2 Å². The fourth-order valence-electron chi connectivity index (χ4n) is 4.12. The molecule has 5 rings (SSSR count). The van der Waals surface area contributed by atoms with Gasteiger partial charge >= 0.3 is 0 Å². The molecule has 6 nitrogen and oxygen atoms in total. The molecule has 2 saturated heterocycles. The van der Waals surface area contributed by atoms with Crippen LogP contribution in [-0.4, -0.2) is 63.5 Å². The lowest BCUT2D eigenvalue weighted by Gasteiger charge is -2.26. The maximum Gasteiger partial charge on any atom is 0.179 e. The fourth-order valence-corrected chi connectivity index (χ4v) is 6.74. The number of aliphatic imine (C=N–C) groups is 1. The molecule has 2 aromatic carbocycles. The first-order valence-corrected chi connectivity index (χ1v) is 13.6. The molecule has 3 aromatic rings. The van der Waals surface area contributed by atoms with Crippen LogP contribution in [0.25, 0.3) is 11.0 Å². The molecule has 10 heteroatoms. The van der Waals surface area contributed by atoms with Crippen molar-refractivity contribution >= 4 is 83.5 Å². The summed E-state index contributed by atoms with van der Waals surface area (Å²) in [6.07, 6.45) is 1.71. The minimum absolute atomic E-state index is 0.131. The molecule has 0 spiro atoms. The molecular formula is C22H22Br2N6S2. The van der Waals surface area contributed by atoms with Crippen LogP contribution in [-0.2, 0) is 0 Å². The van der Waals surface area contributed by atoms with Gasteiger partial charge in [-0.2, -0.15) is 11.8 Å². The zero-order chi connectivity index (χ0) is 22.1. The van der Waals surface area contributed by atoms with E-state index in [4.69, 9.17) is 17.2 Å². The number of nitrogens with one attached hydrogen (secondary N) is 2. The molecule has 2 aliphatic rings. The molecule has 0 aliphatic carbocycles. The number of nitrogens with zero attached hydrogens (tertiary/aromatic N) is 4. The normalized spacial score (nSPS) is 20.9. The number of halogens is 2. The summed E-state index contributed by atoms with van der Waals surface area (Å²) in [4.78, 5) is 17.2. The summed E-state index contributed by atoms with van der Waals surface area (Å²) in [5, 5.41) is 4.05. The third kappa shape index (κ3) is 4.75. The number of thioether (sulfide) groups is 1. The number of imidazole rings is 1. The number of fused-ring (bicyclic) bond motifs is 1. The lowest BCUT2D eigenvalue weighted by molar-refractivity contribution is 0.311. The number of aromatic nitrogens is 2. The van der Waals surface area contributed by atoms with Crippen molar-refractivity contribution in [3.63, 3.8) is 0 Å². The number of H-pyrrole nitrogens is 1. The Balaban J connectivity index is 1.49. The first-order valence-electron chi connectivity index (χ1n) is 10.4. The van der Waals surface area contributed by atoms with E-state index in [0.29, 0.717) is 5.11 Å². The second-order valence-corrected chi connectivity index (χ2v) is 11.2. The summed E-state index contributed by atoms with van der Waals surface area (Å²) in [5.41, 5.74) is 4.02. The van der Waals surface area contributed by atoms with Crippen LogP contribution in [0, 0.1) is 0 Å². The van der Waals surface area contributed by atoms with E-state index in [-0.39, 0.29) is 6.04 Å². The number of hydrogen-bond donors (Lipinski definition) is 2. The SMILES string of the molecule is S=C1NC(=NCCN2CCSCC2)C(c2cc(Br)cc(Br)c2)N1c1ccc2nc[nH]c2c1. The molecule has 0 bridgehead atoms. The number of aromatic amines is 1. The van der Waals surface area contributed by atoms with Gasteiger partial charge in [0.05, 0.1) is 23.9 Å². The van der Waals surface area contributed by atoms with Gasteiger partial charge in [-0.1, -0.05) is 31.9 Å². The van der Waals surface area contributed by atoms with Gasteiger partial charge in [0.1, 0.15) is 11.9 Å². The quantitative estimate of drug-likeness (QED) is 0.407. The Hall–Kier alpha value is -1.46. The highest BCUT2D eigenvalue weighted by Gasteiger charge is 2.36. The van der Waals surface area contributed by atoms with Gasteiger partial charge in [-0.15, -0.1) is 0 Å². The van der Waals surface area contributed by atoms with Crippen molar-refractivity contribution in [2.45, 2.75) is 6.04 Å². The van der Waals surface area contributed by atoms with Crippen LogP contribution >= 0.6 is 55.8 Å². The van der Waals surface area contributed by atoms with Gasteiger partial charge in [0, 0.05) is 45.8 Å². The van der Waals surface area contributed by atoms with Crippen molar-refractivity contribution in [3.05, 3.63) is 57.2 Å². The summed E-state index contributed by atoms with van der Waals surface area (Å²) in [6, 6.07) is 12.3. The topological polar surface area (TPSA) is 59.6 Å². The predicted molar refractivity (Wildman–Crippen MR) is 145 cm³/mol. The molecule has 2 N–H and O–H groups in total. The number of hydrogen-bond acceptors (Lipinski definition) is 5. The molecule has 166 valence electrons. The molecule has 1 unspecified atom stereocenters. The first kappa shape index (κ1) is 22.3. The standard InChI is InChI=1S/C22H22Br2N6S2/c23-15-9-14(10-16(24)11-15)20-21(25-3-4-29-5-7-32-8-6-29)28-22(31)30(20)17-1-2-18-19(12-17)27-13-26-18/h1-2,9-13,20H,3-8H2,(H,26,27)(H,25,28,31). The fraction of sp³-hybridized carbons (Fsp3) is 0.318. The van der Waals surface area contributed by atoms with Gasteiger partial charge in [-0.25, -0.2) is 4.98 Å². The van der Waals surface area contributed by atoms with Crippen molar-refractivity contribution in [1.82, 2.24) is 20.2 Å². The molecule has 32 heavy (non-hydrogen) atoms. The smallest absolute Gasteiger partial charge is 0.179 e. The van der Waals surface area contributed by atoms with Crippen molar-refractivity contribution in [2.75, 3.05) is 42.6 Å². The Morgan fingerprint density at radius 2 is 1.91 bits per heavy atom. The monoisotopic (exact) mass is 592 g/mol. The molecule has 0 saturated carbocycles. The lowest BCUT2D eigenvalue weighted by Crippen LogP contribution is -2.35. The van der Waals surface area contributed by atoms with Crippen molar-refractivity contribution in [1.29, 1.82) is 0 Å². The van der Waals surface area contributed by atoms with Gasteiger partial charge in [-0.05, 0) is 54.2 Å². The molecular weight excluding hydrogens is 572 g/mol. The van der Waals surface area contributed by atoms with Crippen LogP contribution in [0.4, 0.5) is 5.69 Å². The molecule has 2 aliphatic heterocycles. The molecule has 3 heterocycles. The van der Waals surface area contributed by atoms with Crippen LogP contribution in [0.3, 0.4) is 0 Å². The van der Waals surface area contributed by atoms with Crippen LogP contribution in [0.1, 0.15) is 11.6 Å². The van der Waals surface area contributed by atoms with E-state index in [0.717, 1.165) is 63.2 Å². The second kappa shape index (κ2) is 9.80. The van der Waals surface area contributed by atoms with Crippen molar-refractivity contribution in [2.24, 2.45) is 4.99 Å². The molecule has 1 atom stereocenters. The van der Waals surface area contributed by atoms with E-state index < -0.39 is 0 Å². The van der Waals surface area contributed by atoms with Gasteiger partial charge < -0.3 is 15.2 Å². The number of amidine groups is 1. The number of anilines is 1. The number of rotatable bonds is 5. The minimum atomic E-state index is -0.131. The van der Waals surface area contributed by atoms with E-state index >= 15 is 0 Å². The molecule has 2 fully saturated rings. The maximum atomic E-state index is 5.79. The van der Waals surface area contributed by atoms with Crippen molar-refractivity contribution in [3.8, 4) is 0 Å². The Bertz CT molecular complexity index is 1150. The third-order valence-corrected chi connectivity index (χ3v) is 7.81. The van der Waals surface area contributed by atoms with Crippen LogP contribution in [0.5, 0.6) is 0 Å². The highest BCUT2D eigenvalue weighted by molar-refractivity contribution is 9.11.